The Morgan fingerprint density at radius 1 is 0.487 bits per heavy atom. The maximum Gasteiger partial charge on any atom is 0.310 e. The molecule has 0 aliphatic carbocycles. The standard InChI is InChI=1S/C35H26NO2P/c1-3-13-26(14-4-1)30-23-31(27-15-5-2-6-16-27)36(30)39-37-32-21-19-24-11-7-9-17-28(24)34(32)35-29-18-10-8-12-25(29)20-22-33(35)38-39/h1-22,30-31H,23H2. The highest BCUT2D eigenvalue weighted by Gasteiger charge is 2.44. The SMILES string of the molecule is c1ccc(C2CC(c3ccccc3)N2p2oc3ccc4ccccc4c3c3c(ccc4ccccc43)o2)cc1. The summed E-state index contributed by atoms with van der Waals surface area (Å²) < 4.78 is 16.4. The lowest BCUT2D eigenvalue weighted by Gasteiger charge is -2.46. The van der Waals surface area contributed by atoms with Crippen molar-refractivity contribution in [3.8, 4) is 0 Å². The Morgan fingerprint density at radius 3 is 1.41 bits per heavy atom. The van der Waals surface area contributed by atoms with Crippen LogP contribution in [0.15, 0.2) is 142 Å². The lowest BCUT2D eigenvalue weighted by molar-refractivity contribution is 0.366. The summed E-state index contributed by atoms with van der Waals surface area (Å²) in [5.41, 5.74) is 4.34. The van der Waals surface area contributed by atoms with Gasteiger partial charge < -0.3 is 8.39 Å². The van der Waals surface area contributed by atoms with Gasteiger partial charge in [-0.25, -0.2) is 0 Å². The average Bonchev–Trinajstić information content (AvgIpc) is 3.15. The van der Waals surface area contributed by atoms with E-state index in [0.717, 1.165) is 28.4 Å². The maximum absolute atomic E-state index is 6.97. The van der Waals surface area contributed by atoms with Crippen LogP contribution in [0.4, 0.5) is 0 Å². The van der Waals surface area contributed by atoms with Gasteiger partial charge in [0, 0.05) is 10.8 Å². The molecule has 1 fully saturated rings. The fraction of sp³-hybridized carbons (Fsp3) is 0.0857. The molecule has 0 saturated carbocycles. The van der Waals surface area contributed by atoms with Crippen molar-refractivity contribution in [2.24, 2.45) is 0 Å². The molecule has 1 aromatic heterocycles. The van der Waals surface area contributed by atoms with Crippen molar-refractivity contribution >= 4 is 51.6 Å². The molecule has 0 amide bonds. The predicted octanol–water partition coefficient (Wildman–Crippen LogP) is 10.4. The summed E-state index contributed by atoms with van der Waals surface area (Å²) in [6.07, 6.45) is 1.02. The summed E-state index contributed by atoms with van der Waals surface area (Å²) in [5.74, 6) is 0. The predicted molar refractivity (Wildman–Crippen MR) is 163 cm³/mol. The summed E-state index contributed by atoms with van der Waals surface area (Å²) in [6.45, 7) is 0. The van der Waals surface area contributed by atoms with Crippen LogP contribution in [0, 0.1) is 0 Å². The van der Waals surface area contributed by atoms with E-state index in [0.29, 0.717) is 0 Å². The maximum atomic E-state index is 6.97. The van der Waals surface area contributed by atoms with Gasteiger partial charge in [-0.05, 0) is 51.2 Å². The van der Waals surface area contributed by atoms with Gasteiger partial charge in [0.1, 0.15) is 11.2 Å². The molecule has 1 aliphatic rings. The van der Waals surface area contributed by atoms with Gasteiger partial charge in [-0.2, -0.15) is 4.67 Å². The lowest BCUT2D eigenvalue weighted by Crippen LogP contribution is -2.42. The van der Waals surface area contributed by atoms with Gasteiger partial charge in [-0.1, -0.05) is 121 Å². The number of hydrogen-bond donors (Lipinski definition) is 0. The fourth-order valence-electron chi connectivity index (χ4n) is 6.11. The second-order valence-electron chi connectivity index (χ2n) is 10.2. The van der Waals surface area contributed by atoms with E-state index in [-0.39, 0.29) is 12.1 Å². The molecule has 6 aromatic carbocycles. The van der Waals surface area contributed by atoms with Crippen LogP contribution < -0.4 is 4.67 Å². The van der Waals surface area contributed by atoms with E-state index >= 15 is 0 Å². The van der Waals surface area contributed by atoms with Crippen LogP contribution in [-0.4, -0.2) is 0 Å². The van der Waals surface area contributed by atoms with Crippen molar-refractivity contribution in [1.82, 2.24) is 0 Å². The molecule has 188 valence electrons. The smallest absolute Gasteiger partial charge is 0.310 e. The Labute approximate surface area is 227 Å². The molecule has 1 aliphatic heterocycles. The number of hydrogen-bond acceptors (Lipinski definition) is 3. The van der Waals surface area contributed by atoms with Crippen LogP contribution in [-0.2, 0) is 0 Å². The minimum Gasteiger partial charge on any atom is -0.408 e. The third kappa shape index (κ3) is 3.70. The zero-order valence-electron chi connectivity index (χ0n) is 21.3. The van der Waals surface area contributed by atoms with Crippen molar-refractivity contribution in [2.45, 2.75) is 18.5 Å². The molecule has 2 atom stereocenters. The normalized spacial score (nSPS) is 17.5. The van der Waals surface area contributed by atoms with Crippen molar-refractivity contribution in [2.75, 3.05) is 4.67 Å². The second-order valence-corrected chi connectivity index (χ2v) is 11.5. The van der Waals surface area contributed by atoms with Gasteiger partial charge in [0.25, 0.3) is 0 Å². The van der Waals surface area contributed by atoms with Gasteiger partial charge in [-0.3, -0.25) is 0 Å². The number of benzene rings is 6. The van der Waals surface area contributed by atoms with Gasteiger partial charge in [0.05, 0.1) is 12.1 Å². The molecule has 4 heteroatoms. The zero-order valence-corrected chi connectivity index (χ0v) is 22.2. The summed E-state index contributed by atoms with van der Waals surface area (Å²) >= 11 is 0. The Morgan fingerprint density at radius 2 is 0.923 bits per heavy atom. The highest BCUT2D eigenvalue weighted by atomic mass is 31.1. The first-order valence-electron chi connectivity index (χ1n) is 13.4. The second kappa shape index (κ2) is 9.17. The lowest BCUT2D eigenvalue weighted by atomic mass is 9.86. The molecule has 0 spiro atoms. The zero-order chi connectivity index (χ0) is 25.8. The molecule has 0 N–H and O–H groups in total. The third-order valence-corrected chi connectivity index (χ3v) is 9.67. The van der Waals surface area contributed by atoms with Crippen molar-refractivity contribution in [3.05, 3.63) is 145 Å². The molecule has 2 heterocycles. The minimum atomic E-state index is -1.45. The molecule has 7 aromatic rings. The van der Waals surface area contributed by atoms with Crippen molar-refractivity contribution in [1.29, 1.82) is 0 Å². The van der Waals surface area contributed by atoms with Gasteiger partial charge in [0.2, 0.25) is 0 Å². The Bertz CT molecular complexity index is 1870. The van der Waals surface area contributed by atoms with Crippen molar-refractivity contribution < 1.29 is 8.39 Å². The van der Waals surface area contributed by atoms with E-state index in [9.17, 15) is 0 Å². The van der Waals surface area contributed by atoms with Gasteiger partial charge >= 0.3 is 8.16 Å². The summed E-state index contributed by atoms with van der Waals surface area (Å²) in [4.78, 5) is 0. The van der Waals surface area contributed by atoms with Crippen molar-refractivity contribution in [3.63, 3.8) is 0 Å². The van der Waals surface area contributed by atoms with Crippen LogP contribution in [0.25, 0.3) is 43.5 Å². The summed E-state index contributed by atoms with van der Waals surface area (Å²) in [7, 11) is -1.45. The monoisotopic (exact) mass is 523 g/mol. The van der Waals surface area contributed by atoms with E-state index in [2.05, 4.69) is 138 Å². The van der Waals surface area contributed by atoms with E-state index in [1.54, 1.807) is 0 Å². The van der Waals surface area contributed by atoms with Gasteiger partial charge in [-0.15, -0.1) is 0 Å². The van der Waals surface area contributed by atoms with Crippen LogP contribution in [0.3, 0.4) is 0 Å². The Balaban J connectivity index is 1.46. The molecular formula is C35H26NO2P. The van der Waals surface area contributed by atoms with Crippen LogP contribution in [0.5, 0.6) is 0 Å². The molecule has 2 unspecified atom stereocenters. The first kappa shape index (κ1) is 22.7. The molecular weight excluding hydrogens is 497 g/mol. The first-order valence-corrected chi connectivity index (χ1v) is 14.6. The van der Waals surface area contributed by atoms with Gasteiger partial charge in [0.15, 0.2) is 0 Å². The van der Waals surface area contributed by atoms with Crippen LogP contribution in [0.1, 0.15) is 29.6 Å². The Kier molecular flexibility index (Phi) is 5.33. The average molecular weight is 524 g/mol. The molecule has 8 rings (SSSR count). The molecule has 3 nitrogen and oxygen atoms in total. The Hall–Kier alpha value is -4.30. The molecule has 39 heavy (non-hydrogen) atoms. The van der Waals surface area contributed by atoms with E-state index in [1.165, 1.54) is 32.7 Å². The number of nitrogens with zero attached hydrogens (tertiary/aromatic N) is 1. The van der Waals surface area contributed by atoms with E-state index < -0.39 is 8.16 Å². The first-order chi connectivity index (χ1) is 19.3. The number of fused-ring (bicyclic) bond motifs is 7. The fourth-order valence-corrected chi connectivity index (χ4v) is 7.89. The van der Waals surface area contributed by atoms with E-state index in [4.69, 9.17) is 8.39 Å². The largest absolute Gasteiger partial charge is 0.408 e. The molecule has 0 radical (unpaired) electrons. The molecule has 1 saturated heterocycles. The number of rotatable bonds is 3. The summed E-state index contributed by atoms with van der Waals surface area (Å²) in [5, 5.41) is 6.96. The minimum absolute atomic E-state index is 0.216. The highest BCUT2D eigenvalue weighted by molar-refractivity contribution is 7.39. The van der Waals surface area contributed by atoms with Crippen LogP contribution >= 0.6 is 8.16 Å². The summed E-state index contributed by atoms with van der Waals surface area (Å²) in [6, 6.07) is 47.6. The molecule has 0 bridgehead atoms. The third-order valence-electron chi connectivity index (χ3n) is 8.03. The quantitative estimate of drug-likeness (QED) is 0.231. The van der Waals surface area contributed by atoms with E-state index in [1.807, 2.05) is 0 Å². The van der Waals surface area contributed by atoms with Crippen LogP contribution in [0.2, 0.25) is 0 Å². The topological polar surface area (TPSA) is 29.5 Å². The highest BCUT2D eigenvalue weighted by Crippen LogP contribution is 2.56.